The number of rotatable bonds is 11. The van der Waals surface area contributed by atoms with Crippen LogP contribution in [0.1, 0.15) is 66.9 Å². The molecule has 1 aliphatic carbocycles. The van der Waals surface area contributed by atoms with Crippen molar-refractivity contribution in [3.63, 3.8) is 0 Å². The summed E-state index contributed by atoms with van der Waals surface area (Å²) < 4.78 is 89.2. The van der Waals surface area contributed by atoms with Gasteiger partial charge in [-0.25, -0.2) is 22.3 Å². The van der Waals surface area contributed by atoms with Crippen LogP contribution < -0.4 is 18.9 Å². The van der Waals surface area contributed by atoms with Crippen LogP contribution in [0.4, 0.5) is 17.6 Å². The van der Waals surface area contributed by atoms with E-state index in [2.05, 4.69) is 4.90 Å². The fourth-order valence-corrected chi connectivity index (χ4v) is 5.12. The molecule has 2 fully saturated rings. The highest BCUT2D eigenvalue weighted by Crippen LogP contribution is 2.45. The number of nitrogens with zero attached hydrogens (tertiary/aromatic N) is 1. The lowest BCUT2D eigenvalue weighted by Gasteiger charge is -2.33. The number of benzene rings is 2. The molecule has 1 amide bonds. The van der Waals surface area contributed by atoms with Crippen LogP contribution in [0.3, 0.4) is 0 Å². The molecule has 0 spiro atoms. The molecule has 10 nitrogen and oxygen atoms in total. The molecule has 0 aromatic heterocycles. The first kappa shape index (κ1) is 34.9. The van der Waals surface area contributed by atoms with Crippen LogP contribution in [0.2, 0.25) is 0 Å². The van der Waals surface area contributed by atoms with Crippen molar-refractivity contribution in [3.8, 4) is 17.2 Å². The van der Waals surface area contributed by atoms with Gasteiger partial charge in [-0.15, -0.1) is 0 Å². The second-order valence-electron chi connectivity index (χ2n) is 10.4. The van der Waals surface area contributed by atoms with E-state index < -0.39 is 33.9 Å². The number of halogens is 4. The Labute approximate surface area is 253 Å². The molecule has 2 aliphatic rings. The van der Waals surface area contributed by atoms with Gasteiger partial charge in [-0.3, -0.25) is 9.69 Å². The Balaban J connectivity index is 0.000000676. The first-order valence-corrected chi connectivity index (χ1v) is 15.9. The number of carbonyl (C=O) groups is 2. The Morgan fingerprint density at radius 2 is 1.70 bits per heavy atom. The number of nitrogens with one attached hydrogen (secondary N) is 1. The topological polar surface area (TPSA) is 131 Å². The van der Waals surface area contributed by atoms with E-state index in [0.717, 1.165) is 61.1 Å². The number of carboxylic acid groups (broad SMARTS) is 1. The zero-order valence-electron chi connectivity index (χ0n) is 24.6. The molecule has 2 aromatic carbocycles. The van der Waals surface area contributed by atoms with Crippen molar-refractivity contribution in [2.24, 2.45) is 0 Å². The first-order valence-electron chi connectivity index (χ1n) is 14.0. The Morgan fingerprint density at radius 1 is 1.05 bits per heavy atom. The standard InChI is InChI=1S/C27H35FN2O6S.C2HF3O2/c1-4-34-20-11-10-19(25(13-20)35-5-2)16-30-12-6-7-21(17-30)36-26-15-24(28)23(14-22(26)18-8-9-18)27(31)29-37(3,32)33;3-2(4,5)1(6)7/h10-11,13-15,18,21H,4-9,12,16-17H2,1-3H3,(H,29,31);(H,6,7). The highest BCUT2D eigenvalue weighted by molar-refractivity contribution is 7.89. The summed E-state index contributed by atoms with van der Waals surface area (Å²) in [4.78, 5) is 23.5. The minimum absolute atomic E-state index is 0.139. The molecule has 4 rings (SSSR count). The summed E-state index contributed by atoms with van der Waals surface area (Å²) in [6.07, 6.45) is -0.753. The third-order valence-electron chi connectivity index (χ3n) is 6.68. The minimum atomic E-state index is -5.08. The second kappa shape index (κ2) is 14.9. The van der Waals surface area contributed by atoms with E-state index in [-0.39, 0.29) is 17.6 Å². The molecule has 1 heterocycles. The van der Waals surface area contributed by atoms with Gasteiger partial charge in [0.05, 0.1) is 25.0 Å². The van der Waals surface area contributed by atoms with Gasteiger partial charge in [0.2, 0.25) is 10.0 Å². The van der Waals surface area contributed by atoms with Crippen LogP contribution in [0.25, 0.3) is 0 Å². The quantitative estimate of drug-likeness (QED) is 0.328. The van der Waals surface area contributed by atoms with Crippen molar-refractivity contribution in [1.29, 1.82) is 0 Å². The fraction of sp³-hybridized carbons (Fsp3) is 0.517. The molecular formula is C29H36F4N2O8S. The lowest BCUT2D eigenvalue weighted by atomic mass is 10.0. The number of hydrogen-bond acceptors (Lipinski definition) is 8. The number of alkyl halides is 3. The molecule has 2 N–H and O–H groups in total. The van der Waals surface area contributed by atoms with Crippen LogP contribution in [0.5, 0.6) is 17.2 Å². The maximum absolute atomic E-state index is 14.9. The maximum atomic E-state index is 14.9. The Hall–Kier alpha value is -3.59. The maximum Gasteiger partial charge on any atom is 0.490 e. The molecule has 1 aliphatic heterocycles. The molecule has 15 heteroatoms. The van der Waals surface area contributed by atoms with Gasteiger partial charge in [0.15, 0.2) is 0 Å². The van der Waals surface area contributed by atoms with Gasteiger partial charge in [0, 0.05) is 30.8 Å². The van der Waals surface area contributed by atoms with E-state index in [0.29, 0.717) is 32.1 Å². The third kappa shape index (κ3) is 10.5. The van der Waals surface area contributed by atoms with E-state index >= 15 is 0 Å². The number of ether oxygens (including phenoxy) is 3. The average Bonchev–Trinajstić information content (AvgIpc) is 3.75. The molecule has 0 bridgehead atoms. The number of likely N-dealkylation sites (tertiary alicyclic amines) is 1. The van der Waals surface area contributed by atoms with Crippen LogP contribution >= 0.6 is 0 Å². The monoisotopic (exact) mass is 648 g/mol. The summed E-state index contributed by atoms with van der Waals surface area (Å²) in [5, 5.41) is 7.12. The summed E-state index contributed by atoms with van der Waals surface area (Å²) in [5.41, 5.74) is 1.53. The van der Waals surface area contributed by atoms with Crippen LogP contribution in [0.15, 0.2) is 30.3 Å². The average molecular weight is 649 g/mol. The zero-order valence-corrected chi connectivity index (χ0v) is 25.4. The van der Waals surface area contributed by atoms with Crippen molar-refractivity contribution in [2.75, 3.05) is 32.6 Å². The number of amides is 1. The third-order valence-corrected chi connectivity index (χ3v) is 7.24. The van der Waals surface area contributed by atoms with Crippen molar-refractivity contribution in [3.05, 3.63) is 52.8 Å². The lowest BCUT2D eigenvalue weighted by molar-refractivity contribution is -0.192. The van der Waals surface area contributed by atoms with E-state index in [1.807, 2.05) is 36.8 Å². The molecule has 1 saturated carbocycles. The number of hydrogen-bond donors (Lipinski definition) is 2. The Morgan fingerprint density at radius 3 is 2.27 bits per heavy atom. The predicted octanol–water partition coefficient (Wildman–Crippen LogP) is 4.87. The van der Waals surface area contributed by atoms with E-state index in [1.54, 1.807) is 0 Å². The predicted molar refractivity (Wildman–Crippen MR) is 152 cm³/mol. The van der Waals surface area contributed by atoms with Crippen LogP contribution in [0, 0.1) is 5.82 Å². The van der Waals surface area contributed by atoms with Gasteiger partial charge in [-0.1, -0.05) is 6.07 Å². The molecule has 0 radical (unpaired) electrons. The summed E-state index contributed by atoms with van der Waals surface area (Å²) >= 11 is 0. The Kier molecular flexibility index (Phi) is 11.8. The normalized spacial score (nSPS) is 17.2. The first-order chi connectivity index (χ1) is 20.6. The van der Waals surface area contributed by atoms with Crippen molar-refractivity contribution < 1.29 is 54.9 Å². The second-order valence-corrected chi connectivity index (χ2v) is 12.2. The molecule has 44 heavy (non-hydrogen) atoms. The zero-order chi connectivity index (χ0) is 32.7. The molecule has 1 atom stereocenters. The lowest BCUT2D eigenvalue weighted by Crippen LogP contribution is -2.40. The summed E-state index contributed by atoms with van der Waals surface area (Å²) in [7, 11) is -3.80. The Bertz CT molecular complexity index is 1430. The number of piperidine rings is 1. The molecule has 1 unspecified atom stereocenters. The van der Waals surface area contributed by atoms with Gasteiger partial charge >= 0.3 is 12.1 Å². The molecular weight excluding hydrogens is 612 g/mol. The number of carbonyl (C=O) groups excluding carboxylic acids is 1. The number of sulfonamides is 1. The number of carboxylic acids is 1. The van der Waals surface area contributed by atoms with E-state index in [9.17, 15) is 30.8 Å². The summed E-state index contributed by atoms with van der Waals surface area (Å²) in [5.74, 6) is -2.35. The van der Waals surface area contributed by atoms with Crippen molar-refractivity contribution >= 4 is 21.9 Å². The molecule has 244 valence electrons. The summed E-state index contributed by atoms with van der Waals surface area (Å²) in [6, 6.07) is 8.57. The van der Waals surface area contributed by atoms with E-state index in [1.165, 1.54) is 12.1 Å². The SMILES string of the molecule is CCOc1ccc(CN2CCCC(Oc3cc(F)c(C(=O)NS(C)(=O)=O)cc3C3CC3)C2)c(OCC)c1.O=C(O)C(F)(F)F. The highest BCUT2D eigenvalue weighted by atomic mass is 32.2. The molecule has 2 aromatic rings. The fourth-order valence-electron chi connectivity index (χ4n) is 4.67. The van der Waals surface area contributed by atoms with Gasteiger partial charge < -0.3 is 19.3 Å². The van der Waals surface area contributed by atoms with Crippen molar-refractivity contribution in [2.45, 2.75) is 64.3 Å². The molecule has 1 saturated heterocycles. The highest BCUT2D eigenvalue weighted by Gasteiger charge is 2.38. The van der Waals surface area contributed by atoms with Gasteiger partial charge in [0.1, 0.15) is 29.2 Å². The van der Waals surface area contributed by atoms with Crippen LogP contribution in [-0.4, -0.2) is 75.1 Å². The minimum Gasteiger partial charge on any atom is -0.494 e. The smallest absolute Gasteiger partial charge is 0.490 e. The van der Waals surface area contributed by atoms with Gasteiger partial charge in [-0.05, 0) is 69.7 Å². The van der Waals surface area contributed by atoms with Gasteiger partial charge in [0.25, 0.3) is 5.91 Å². The van der Waals surface area contributed by atoms with Crippen molar-refractivity contribution in [1.82, 2.24) is 9.62 Å². The summed E-state index contributed by atoms with van der Waals surface area (Å²) in [6.45, 7) is 7.31. The van der Waals surface area contributed by atoms with E-state index in [4.69, 9.17) is 24.1 Å². The largest absolute Gasteiger partial charge is 0.494 e. The van der Waals surface area contributed by atoms with Gasteiger partial charge in [-0.2, -0.15) is 13.2 Å². The van der Waals surface area contributed by atoms with Crippen LogP contribution in [-0.2, 0) is 21.4 Å². The number of aliphatic carboxylic acids is 1.